The van der Waals surface area contributed by atoms with Crippen molar-refractivity contribution in [2.75, 3.05) is 0 Å². The van der Waals surface area contributed by atoms with E-state index in [1.807, 2.05) is 0 Å². The molecule has 4 rings (SSSR count). The molecular formula is C16H12ClN3O2S. The first-order chi connectivity index (χ1) is 11.1. The number of thiophene rings is 1. The Hall–Kier alpha value is -2.18. The highest BCUT2D eigenvalue weighted by molar-refractivity contribution is 7.18. The fourth-order valence-electron chi connectivity index (χ4n) is 2.86. The van der Waals surface area contributed by atoms with Gasteiger partial charge in [-0.25, -0.2) is 9.97 Å². The van der Waals surface area contributed by atoms with Crippen LogP contribution < -0.4 is 10.5 Å². The molecule has 0 saturated carbocycles. The fraction of sp³-hybridized carbons (Fsp3) is 0.188. The first-order valence-corrected chi connectivity index (χ1v) is 8.35. The Morgan fingerprint density at radius 1 is 1.30 bits per heavy atom. The smallest absolute Gasteiger partial charge is 0.252 e. The van der Waals surface area contributed by atoms with Gasteiger partial charge in [-0.1, -0.05) is 11.6 Å². The molecule has 0 atom stereocenters. The first kappa shape index (κ1) is 14.4. The fourth-order valence-corrected chi connectivity index (χ4v) is 4.26. The Labute approximate surface area is 141 Å². The predicted octanol–water partition coefficient (Wildman–Crippen LogP) is 3.72. The maximum atomic E-state index is 11.6. The Bertz CT molecular complexity index is 938. The van der Waals surface area contributed by atoms with Gasteiger partial charge in [-0.05, 0) is 43.0 Å². The third kappa shape index (κ3) is 2.44. The Morgan fingerprint density at radius 3 is 3.00 bits per heavy atom. The third-order valence-corrected chi connectivity index (χ3v) is 5.32. The lowest BCUT2D eigenvalue weighted by Crippen LogP contribution is -2.12. The predicted molar refractivity (Wildman–Crippen MR) is 89.5 cm³/mol. The van der Waals surface area contributed by atoms with Crippen LogP contribution in [0.1, 0.15) is 27.2 Å². The first-order valence-electron chi connectivity index (χ1n) is 7.16. The van der Waals surface area contributed by atoms with Gasteiger partial charge in [0.15, 0.2) is 0 Å². The highest BCUT2D eigenvalue weighted by atomic mass is 35.5. The number of aryl methyl sites for hydroxylation is 2. The molecule has 23 heavy (non-hydrogen) atoms. The van der Waals surface area contributed by atoms with Crippen LogP contribution in [0.15, 0.2) is 24.5 Å². The number of fused-ring (bicyclic) bond motifs is 3. The number of hydrogen-bond acceptors (Lipinski definition) is 5. The molecule has 1 aliphatic rings. The maximum Gasteiger partial charge on any atom is 0.252 e. The van der Waals surface area contributed by atoms with Crippen molar-refractivity contribution in [2.45, 2.75) is 19.3 Å². The summed E-state index contributed by atoms with van der Waals surface area (Å²) in [6, 6.07) is 4.78. The highest BCUT2D eigenvalue weighted by Crippen LogP contribution is 2.41. The van der Waals surface area contributed by atoms with Gasteiger partial charge in [0.25, 0.3) is 5.91 Å². The van der Waals surface area contributed by atoms with Gasteiger partial charge in [0.1, 0.15) is 16.9 Å². The quantitative estimate of drug-likeness (QED) is 0.784. The molecule has 3 aromatic rings. The average Bonchev–Trinajstić information content (AvgIpc) is 3.09. The van der Waals surface area contributed by atoms with Crippen LogP contribution in [-0.2, 0) is 12.8 Å². The molecule has 1 amide bonds. The zero-order valence-electron chi connectivity index (χ0n) is 12.0. The zero-order chi connectivity index (χ0) is 16.0. The molecular weight excluding hydrogens is 334 g/mol. The van der Waals surface area contributed by atoms with Crippen molar-refractivity contribution in [3.63, 3.8) is 0 Å². The van der Waals surface area contributed by atoms with E-state index in [2.05, 4.69) is 9.97 Å². The van der Waals surface area contributed by atoms with Gasteiger partial charge in [-0.3, -0.25) is 4.79 Å². The minimum Gasteiger partial charge on any atom is -0.437 e. The number of amides is 1. The van der Waals surface area contributed by atoms with Crippen molar-refractivity contribution in [3.8, 4) is 11.6 Å². The Balaban J connectivity index is 1.84. The normalized spacial score (nSPS) is 13.3. The van der Waals surface area contributed by atoms with Gasteiger partial charge < -0.3 is 10.5 Å². The number of carbonyl (C=O) groups excluding carboxylic acids is 1. The molecule has 0 saturated heterocycles. The van der Waals surface area contributed by atoms with Crippen molar-refractivity contribution in [1.82, 2.24) is 9.97 Å². The van der Waals surface area contributed by atoms with Crippen LogP contribution in [0.3, 0.4) is 0 Å². The van der Waals surface area contributed by atoms with Gasteiger partial charge in [-0.15, -0.1) is 11.3 Å². The number of ether oxygens (including phenoxy) is 1. The van der Waals surface area contributed by atoms with Gasteiger partial charge in [0.2, 0.25) is 5.88 Å². The molecule has 0 radical (unpaired) electrons. The van der Waals surface area contributed by atoms with E-state index in [-0.39, 0.29) is 5.56 Å². The number of halogens is 1. The van der Waals surface area contributed by atoms with Crippen LogP contribution in [0.25, 0.3) is 10.2 Å². The lowest BCUT2D eigenvalue weighted by Gasteiger charge is -2.10. The van der Waals surface area contributed by atoms with Crippen LogP contribution in [0.5, 0.6) is 11.6 Å². The minimum atomic E-state index is -0.594. The van der Waals surface area contributed by atoms with Crippen LogP contribution in [0.2, 0.25) is 5.02 Å². The number of benzene rings is 1. The van der Waals surface area contributed by atoms with E-state index in [0.717, 1.165) is 29.5 Å². The third-order valence-electron chi connectivity index (χ3n) is 3.88. The number of nitrogens with zero attached hydrogens (tertiary/aromatic N) is 2. The van der Waals surface area contributed by atoms with E-state index in [1.54, 1.807) is 23.5 Å². The summed E-state index contributed by atoms with van der Waals surface area (Å²) in [5, 5.41) is 1.37. The van der Waals surface area contributed by atoms with Crippen molar-refractivity contribution in [1.29, 1.82) is 0 Å². The summed E-state index contributed by atoms with van der Waals surface area (Å²) in [4.78, 5) is 22.5. The molecule has 1 aliphatic carbocycles. The number of carbonyl (C=O) groups is 1. The molecule has 1 aromatic carbocycles. The topological polar surface area (TPSA) is 78.1 Å². The molecule has 2 aromatic heterocycles. The highest BCUT2D eigenvalue weighted by Gasteiger charge is 2.23. The second-order valence-electron chi connectivity index (χ2n) is 5.32. The van der Waals surface area contributed by atoms with E-state index >= 15 is 0 Å². The molecule has 0 bridgehead atoms. The summed E-state index contributed by atoms with van der Waals surface area (Å²) in [6.45, 7) is 0. The lowest BCUT2D eigenvalue weighted by atomic mass is 10.2. The second kappa shape index (κ2) is 5.47. The number of hydrogen-bond donors (Lipinski definition) is 1. The van der Waals surface area contributed by atoms with Gasteiger partial charge in [-0.2, -0.15) is 0 Å². The minimum absolute atomic E-state index is 0.233. The molecule has 2 N–H and O–H groups in total. The Kier molecular flexibility index (Phi) is 3.43. The van der Waals surface area contributed by atoms with Crippen LogP contribution in [0, 0.1) is 0 Å². The van der Waals surface area contributed by atoms with E-state index in [1.165, 1.54) is 22.8 Å². The van der Waals surface area contributed by atoms with Crippen molar-refractivity contribution < 1.29 is 9.53 Å². The maximum absolute atomic E-state index is 11.6. The molecule has 0 fully saturated rings. The van der Waals surface area contributed by atoms with E-state index in [0.29, 0.717) is 16.7 Å². The van der Waals surface area contributed by atoms with Crippen LogP contribution in [-0.4, -0.2) is 15.9 Å². The van der Waals surface area contributed by atoms with E-state index < -0.39 is 5.91 Å². The monoisotopic (exact) mass is 345 g/mol. The van der Waals surface area contributed by atoms with Crippen molar-refractivity contribution in [3.05, 3.63) is 45.6 Å². The average molecular weight is 346 g/mol. The molecule has 2 heterocycles. The summed E-state index contributed by atoms with van der Waals surface area (Å²) < 4.78 is 5.92. The molecule has 0 aliphatic heterocycles. The molecule has 0 unspecified atom stereocenters. The van der Waals surface area contributed by atoms with Crippen LogP contribution in [0.4, 0.5) is 0 Å². The summed E-state index contributed by atoms with van der Waals surface area (Å²) >= 11 is 7.61. The number of primary amides is 1. The summed E-state index contributed by atoms with van der Waals surface area (Å²) in [7, 11) is 0. The Morgan fingerprint density at radius 2 is 2.17 bits per heavy atom. The largest absolute Gasteiger partial charge is 0.437 e. The summed E-state index contributed by atoms with van der Waals surface area (Å²) in [5.41, 5.74) is 6.90. The molecule has 116 valence electrons. The van der Waals surface area contributed by atoms with Gasteiger partial charge in [0, 0.05) is 9.90 Å². The zero-order valence-corrected chi connectivity index (χ0v) is 13.6. The van der Waals surface area contributed by atoms with Crippen LogP contribution >= 0.6 is 22.9 Å². The second-order valence-corrected chi connectivity index (χ2v) is 6.84. The number of nitrogens with two attached hydrogens (primary N) is 1. The standard InChI is InChI=1S/C16H12ClN3O2S/c17-8-4-5-11(10(6-8)14(18)21)22-15-13-9-2-1-3-12(9)23-16(13)20-7-19-15/h4-7H,1-3H2,(H2,18,21). The van der Waals surface area contributed by atoms with Gasteiger partial charge >= 0.3 is 0 Å². The number of aromatic nitrogens is 2. The van der Waals surface area contributed by atoms with E-state index in [9.17, 15) is 4.79 Å². The molecule has 0 spiro atoms. The summed E-state index contributed by atoms with van der Waals surface area (Å²) in [5.74, 6) is 0.211. The van der Waals surface area contributed by atoms with Gasteiger partial charge in [0.05, 0.1) is 10.9 Å². The lowest BCUT2D eigenvalue weighted by molar-refractivity contribution is 0.0998. The number of rotatable bonds is 3. The summed E-state index contributed by atoms with van der Waals surface area (Å²) in [6.07, 6.45) is 4.69. The molecule has 5 nitrogen and oxygen atoms in total. The van der Waals surface area contributed by atoms with Crippen molar-refractivity contribution >= 4 is 39.1 Å². The SMILES string of the molecule is NC(=O)c1cc(Cl)ccc1Oc1ncnc2sc3c(c12)CCC3. The van der Waals surface area contributed by atoms with Crippen molar-refractivity contribution in [2.24, 2.45) is 5.73 Å². The molecule has 7 heteroatoms. The van der Waals surface area contributed by atoms with E-state index in [4.69, 9.17) is 22.1 Å².